The van der Waals surface area contributed by atoms with E-state index >= 15 is 0 Å². The number of nitrogen functional groups attached to an aromatic ring is 1. The molecule has 2 aromatic heterocycles. The fourth-order valence-corrected chi connectivity index (χ4v) is 2.08. The molecule has 0 atom stereocenters. The molecule has 92 valence electrons. The molecule has 0 radical (unpaired) electrons. The van der Waals surface area contributed by atoms with Gasteiger partial charge in [-0.05, 0) is 0 Å². The highest BCUT2D eigenvalue weighted by Crippen LogP contribution is 2.22. The Kier molecular flexibility index (Phi) is 3.27. The molecule has 17 heavy (non-hydrogen) atoms. The summed E-state index contributed by atoms with van der Waals surface area (Å²) >= 11 is 1.25. The van der Waals surface area contributed by atoms with Crippen LogP contribution in [0.4, 0.5) is 14.7 Å². The second-order valence-electron chi connectivity index (χ2n) is 3.22. The van der Waals surface area contributed by atoms with Crippen molar-refractivity contribution in [3.05, 3.63) is 18.2 Å². The van der Waals surface area contributed by atoms with Gasteiger partial charge in [0.25, 0.3) is 0 Å². The van der Waals surface area contributed by atoms with Crippen LogP contribution in [-0.2, 0) is 12.8 Å². The van der Waals surface area contributed by atoms with Crippen molar-refractivity contribution in [2.75, 3.05) is 5.73 Å². The Balaban J connectivity index is 2.07. The summed E-state index contributed by atoms with van der Waals surface area (Å²) in [5.74, 6) is 0.847. The van der Waals surface area contributed by atoms with Crippen LogP contribution in [-0.4, -0.2) is 24.3 Å². The number of nitrogens with zero attached hydrogens (tertiary/aromatic N) is 5. The highest BCUT2D eigenvalue weighted by molar-refractivity contribution is 7.98. The number of nitrogens with two attached hydrogens (primary N) is 1. The molecule has 2 aromatic rings. The number of imidazole rings is 1. The van der Waals surface area contributed by atoms with E-state index in [2.05, 4.69) is 15.2 Å². The van der Waals surface area contributed by atoms with Gasteiger partial charge in [-0.25, -0.2) is 4.98 Å². The lowest BCUT2D eigenvalue weighted by atomic mass is 10.7. The number of anilines is 1. The largest absolute Gasteiger partial charge is 0.368 e. The molecule has 0 aromatic carbocycles. The van der Waals surface area contributed by atoms with Crippen molar-refractivity contribution in [2.24, 2.45) is 7.05 Å². The third-order valence-electron chi connectivity index (χ3n) is 2.16. The maximum absolute atomic E-state index is 12.5. The lowest BCUT2D eigenvalue weighted by Gasteiger charge is -2.05. The Morgan fingerprint density at radius 3 is 2.82 bits per heavy atom. The van der Waals surface area contributed by atoms with E-state index in [1.807, 2.05) is 0 Å². The zero-order valence-corrected chi connectivity index (χ0v) is 9.73. The Morgan fingerprint density at radius 1 is 1.47 bits per heavy atom. The number of hydrogen-bond donors (Lipinski definition) is 1. The van der Waals surface area contributed by atoms with E-state index in [1.165, 1.54) is 24.2 Å². The topological polar surface area (TPSA) is 74.6 Å². The quantitative estimate of drug-likeness (QED) is 0.838. The lowest BCUT2D eigenvalue weighted by molar-refractivity contribution is 0.0678. The molecule has 9 heteroatoms. The first-order valence-electron chi connectivity index (χ1n) is 4.67. The van der Waals surface area contributed by atoms with E-state index < -0.39 is 6.55 Å². The van der Waals surface area contributed by atoms with Crippen LogP contribution in [0.25, 0.3) is 0 Å². The van der Waals surface area contributed by atoms with Crippen molar-refractivity contribution >= 4 is 17.7 Å². The SMILES string of the molecule is Cn1c(N)nnc1SCc1nccn1C(F)F. The fraction of sp³-hybridized carbons (Fsp3) is 0.375. The van der Waals surface area contributed by atoms with Gasteiger partial charge in [-0.15, -0.1) is 10.2 Å². The molecule has 0 saturated carbocycles. The Hall–Kier alpha value is -1.64. The molecule has 0 bridgehead atoms. The van der Waals surface area contributed by atoms with Crippen LogP contribution in [0.5, 0.6) is 0 Å². The molecular weight excluding hydrogens is 250 g/mol. The fourth-order valence-electron chi connectivity index (χ4n) is 1.21. The van der Waals surface area contributed by atoms with E-state index in [9.17, 15) is 8.78 Å². The lowest BCUT2D eigenvalue weighted by Crippen LogP contribution is -2.03. The number of thioether (sulfide) groups is 1. The zero-order chi connectivity index (χ0) is 12.4. The van der Waals surface area contributed by atoms with Gasteiger partial charge in [0.15, 0.2) is 5.16 Å². The summed E-state index contributed by atoms with van der Waals surface area (Å²) in [5.41, 5.74) is 5.50. The summed E-state index contributed by atoms with van der Waals surface area (Å²) in [7, 11) is 1.71. The summed E-state index contributed by atoms with van der Waals surface area (Å²) in [6, 6.07) is 0. The van der Waals surface area contributed by atoms with Crippen LogP contribution in [0.2, 0.25) is 0 Å². The molecular formula is C8H10F2N6S. The van der Waals surface area contributed by atoms with Crippen LogP contribution < -0.4 is 5.73 Å². The Labute approximate surface area is 99.8 Å². The molecule has 0 amide bonds. The van der Waals surface area contributed by atoms with E-state index in [1.54, 1.807) is 11.6 Å². The minimum Gasteiger partial charge on any atom is -0.368 e. The van der Waals surface area contributed by atoms with Crippen molar-refractivity contribution < 1.29 is 8.78 Å². The Bertz CT molecular complexity index is 508. The van der Waals surface area contributed by atoms with Gasteiger partial charge in [-0.1, -0.05) is 11.8 Å². The summed E-state index contributed by atoms with van der Waals surface area (Å²) in [6.07, 6.45) is 2.58. The molecule has 0 aliphatic carbocycles. The van der Waals surface area contributed by atoms with Crippen LogP contribution in [0.3, 0.4) is 0 Å². The van der Waals surface area contributed by atoms with Gasteiger partial charge in [0.2, 0.25) is 5.95 Å². The van der Waals surface area contributed by atoms with Crippen molar-refractivity contribution in [3.63, 3.8) is 0 Å². The molecule has 0 unspecified atom stereocenters. The first-order chi connectivity index (χ1) is 8.09. The van der Waals surface area contributed by atoms with Gasteiger partial charge >= 0.3 is 6.55 Å². The molecule has 0 aliphatic heterocycles. The minimum atomic E-state index is -2.59. The maximum atomic E-state index is 12.5. The molecule has 0 aliphatic rings. The second kappa shape index (κ2) is 4.70. The summed E-state index contributed by atoms with van der Waals surface area (Å²) < 4.78 is 27.5. The maximum Gasteiger partial charge on any atom is 0.319 e. The third kappa shape index (κ3) is 2.38. The first-order valence-corrected chi connectivity index (χ1v) is 5.65. The number of hydrogen-bond acceptors (Lipinski definition) is 5. The molecule has 6 nitrogen and oxygen atoms in total. The van der Waals surface area contributed by atoms with Gasteiger partial charge < -0.3 is 5.73 Å². The molecule has 2 rings (SSSR count). The van der Waals surface area contributed by atoms with E-state index in [4.69, 9.17) is 5.73 Å². The van der Waals surface area contributed by atoms with Gasteiger partial charge in [0.1, 0.15) is 5.82 Å². The van der Waals surface area contributed by atoms with Gasteiger partial charge in [-0.3, -0.25) is 9.13 Å². The van der Waals surface area contributed by atoms with E-state index in [0.717, 1.165) is 4.57 Å². The monoisotopic (exact) mass is 260 g/mol. The van der Waals surface area contributed by atoms with E-state index in [0.29, 0.717) is 5.16 Å². The van der Waals surface area contributed by atoms with Crippen molar-refractivity contribution in [1.82, 2.24) is 24.3 Å². The average Bonchev–Trinajstić information content (AvgIpc) is 2.86. The number of rotatable bonds is 4. The van der Waals surface area contributed by atoms with Crippen LogP contribution in [0.1, 0.15) is 12.4 Å². The second-order valence-corrected chi connectivity index (χ2v) is 4.16. The molecule has 0 saturated heterocycles. The smallest absolute Gasteiger partial charge is 0.319 e. The number of aromatic nitrogens is 5. The zero-order valence-electron chi connectivity index (χ0n) is 8.92. The van der Waals surface area contributed by atoms with Crippen molar-refractivity contribution in [3.8, 4) is 0 Å². The molecule has 0 spiro atoms. The normalized spacial score (nSPS) is 11.3. The van der Waals surface area contributed by atoms with E-state index in [-0.39, 0.29) is 17.5 Å². The predicted molar refractivity (Wildman–Crippen MR) is 58.5 cm³/mol. The van der Waals surface area contributed by atoms with Crippen molar-refractivity contribution in [2.45, 2.75) is 17.5 Å². The number of alkyl halides is 2. The molecule has 2 N–H and O–H groups in total. The predicted octanol–water partition coefficient (Wildman–Crippen LogP) is 1.28. The van der Waals surface area contributed by atoms with Gasteiger partial charge in [0.05, 0.1) is 5.75 Å². The molecule has 0 fully saturated rings. The minimum absolute atomic E-state index is 0.281. The third-order valence-corrected chi connectivity index (χ3v) is 3.17. The van der Waals surface area contributed by atoms with Crippen LogP contribution >= 0.6 is 11.8 Å². The number of halogens is 2. The van der Waals surface area contributed by atoms with Gasteiger partial charge in [-0.2, -0.15) is 8.78 Å². The summed E-state index contributed by atoms with van der Waals surface area (Å²) in [4.78, 5) is 3.86. The highest BCUT2D eigenvalue weighted by atomic mass is 32.2. The highest BCUT2D eigenvalue weighted by Gasteiger charge is 2.13. The average molecular weight is 260 g/mol. The van der Waals surface area contributed by atoms with Crippen LogP contribution in [0, 0.1) is 0 Å². The Morgan fingerprint density at radius 2 is 2.24 bits per heavy atom. The standard InChI is InChI=1S/C8H10F2N6S/c1-15-7(11)13-14-8(15)17-4-5-12-2-3-16(5)6(9)10/h2-3,6H,4H2,1H3,(H2,11,13). The van der Waals surface area contributed by atoms with Crippen molar-refractivity contribution in [1.29, 1.82) is 0 Å². The van der Waals surface area contributed by atoms with Gasteiger partial charge in [0, 0.05) is 19.4 Å². The van der Waals surface area contributed by atoms with Crippen LogP contribution in [0.15, 0.2) is 17.6 Å². The first kappa shape index (κ1) is 11.8. The molecule has 2 heterocycles. The summed E-state index contributed by atoms with van der Waals surface area (Å²) in [5, 5.41) is 8.05. The summed E-state index contributed by atoms with van der Waals surface area (Å²) in [6.45, 7) is -2.59.